The molecule has 0 aromatic carbocycles. The summed E-state index contributed by atoms with van der Waals surface area (Å²) in [5.74, 6) is 0.0962. The normalized spacial score (nSPS) is 23.2. The fourth-order valence-corrected chi connectivity index (χ4v) is 4.06. The van der Waals surface area contributed by atoms with E-state index in [9.17, 15) is 8.42 Å². The minimum absolute atomic E-state index is 0.0753. The average Bonchev–Trinajstić information content (AvgIpc) is 2.35. The standard InChI is InChI=1S/C11H24N2O3S/c1-3-7-12(4-2)17(15,16)13-8-5-6-11(9-13)10-14/h11,14H,3-10H2,1-2H3. The number of aliphatic hydroxyl groups is 1. The van der Waals surface area contributed by atoms with Crippen LogP contribution >= 0.6 is 0 Å². The number of hydrogen-bond acceptors (Lipinski definition) is 3. The van der Waals surface area contributed by atoms with Gasteiger partial charge in [-0.05, 0) is 25.2 Å². The molecule has 17 heavy (non-hydrogen) atoms. The third-order valence-corrected chi connectivity index (χ3v) is 5.30. The lowest BCUT2D eigenvalue weighted by Crippen LogP contribution is -2.48. The van der Waals surface area contributed by atoms with Gasteiger partial charge < -0.3 is 5.11 Å². The molecule has 1 fully saturated rings. The first-order chi connectivity index (χ1) is 8.06. The Kier molecular flexibility index (Phi) is 5.85. The molecule has 1 atom stereocenters. The van der Waals surface area contributed by atoms with Crippen LogP contribution in [0.25, 0.3) is 0 Å². The first kappa shape index (κ1) is 14.9. The van der Waals surface area contributed by atoms with E-state index in [0.717, 1.165) is 19.3 Å². The molecule has 5 nitrogen and oxygen atoms in total. The number of hydrogen-bond donors (Lipinski definition) is 1. The number of nitrogens with zero attached hydrogens (tertiary/aromatic N) is 2. The maximum Gasteiger partial charge on any atom is 0.281 e. The zero-order valence-electron chi connectivity index (χ0n) is 10.8. The molecule has 0 aromatic heterocycles. The molecule has 6 heteroatoms. The van der Waals surface area contributed by atoms with Gasteiger partial charge in [-0.2, -0.15) is 17.0 Å². The van der Waals surface area contributed by atoms with Crippen molar-refractivity contribution in [3.63, 3.8) is 0 Å². The van der Waals surface area contributed by atoms with Gasteiger partial charge in [0.1, 0.15) is 0 Å². The zero-order valence-corrected chi connectivity index (χ0v) is 11.6. The molecule has 1 aliphatic rings. The van der Waals surface area contributed by atoms with Gasteiger partial charge >= 0.3 is 0 Å². The molecule has 1 aliphatic heterocycles. The third kappa shape index (κ3) is 3.64. The fourth-order valence-electron chi connectivity index (χ4n) is 2.23. The number of piperidine rings is 1. The van der Waals surface area contributed by atoms with Gasteiger partial charge in [-0.15, -0.1) is 0 Å². The van der Waals surface area contributed by atoms with Crippen LogP contribution in [-0.4, -0.2) is 54.9 Å². The minimum Gasteiger partial charge on any atom is -0.396 e. The molecule has 0 spiro atoms. The minimum atomic E-state index is -3.32. The van der Waals surface area contributed by atoms with E-state index in [0.29, 0.717) is 26.2 Å². The van der Waals surface area contributed by atoms with E-state index in [1.54, 1.807) is 0 Å². The SMILES string of the molecule is CCCN(CC)S(=O)(=O)N1CCCC(CO)C1. The maximum atomic E-state index is 12.3. The van der Waals surface area contributed by atoms with E-state index in [1.807, 2.05) is 13.8 Å². The van der Waals surface area contributed by atoms with E-state index >= 15 is 0 Å². The monoisotopic (exact) mass is 264 g/mol. The van der Waals surface area contributed by atoms with Crippen molar-refractivity contribution in [1.29, 1.82) is 0 Å². The topological polar surface area (TPSA) is 60.9 Å². The van der Waals surface area contributed by atoms with E-state index in [-0.39, 0.29) is 12.5 Å². The van der Waals surface area contributed by atoms with E-state index < -0.39 is 10.2 Å². The number of rotatable bonds is 6. The summed E-state index contributed by atoms with van der Waals surface area (Å²) in [5, 5.41) is 9.14. The molecular weight excluding hydrogens is 240 g/mol. The van der Waals surface area contributed by atoms with Crippen molar-refractivity contribution < 1.29 is 13.5 Å². The Morgan fingerprint density at radius 1 is 1.41 bits per heavy atom. The zero-order chi connectivity index (χ0) is 12.9. The summed E-state index contributed by atoms with van der Waals surface area (Å²) in [7, 11) is -3.32. The highest BCUT2D eigenvalue weighted by Crippen LogP contribution is 2.20. The fraction of sp³-hybridized carbons (Fsp3) is 1.00. The predicted molar refractivity (Wildman–Crippen MR) is 67.8 cm³/mol. The number of aliphatic hydroxyl groups excluding tert-OH is 1. The molecule has 1 rings (SSSR count). The predicted octanol–water partition coefficient (Wildman–Crippen LogP) is 0.667. The smallest absolute Gasteiger partial charge is 0.281 e. The van der Waals surface area contributed by atoms with Crippen LogP contribution in [-0.2, 0) is 10.2 Å². The summed E-state index contributed by atoms with van der Waals surface area (Å²) < 4.78 is 27.7. The van der Waals surface area contributed by atoms with Crippen molar-refractivity contribution in [2.24, 2.45) is 5.92 Å². The summed E-state index contributed by atoms with van der Waals surface area (Å²) in [5.41, 5.74) is 0. The van der Waals surface area contributed by atoms with Crippen LogP contribution in [0.5, 0.6) is 0 Å². The molecule has 0 aliphatic carbocycles. The van der Waals surface area contributed by atoms with Gasteiger partial charge in [-0.1, -0.05) is 13.8 Å². The highest BCUT2D eigenvalue weighted by atomic mass is 32.2. The van der Waals surface area contributed by atoms with Gasteiger partial charge in [-0.3, -0.25) is 0 Å². The largest absolute Gasteiger partial charge is 0.396 e. The van der Waals surface area contributed by atoms with Crippen LogP contribution < -0.4 is 0 Å². The Morgan fingerprint density at radius 3 is 2.65 bits per heavy atom. The van der Waals surface area contributed by atoms with Crippen molar-refractivity contribution in [3.8, 4) is 0 Å². The van der Waals surface area contributed by atoms with Crippen LogP contribution in [0.2, 0.25) is 0 Å². The molecule has 1 saturated heterocycles. The van der Waals surface area contributed by atoms with Crippen molar-refractivity contribution in [2.45, 2.75) is 33.1 Å². The average molecular weight is 264 g/mol. The van der Waals surface area contributed by atoms with Crippen molar-refractivity contribution in [1.82, 2.24) is 8.61 Å². The summed E-state index contributed by atoms with van der Waals surface area (Å²) in [6, 6.07) is 0. The molecule has 0 bridgehead atoms. The Labute approximate surface area is 105 Å². The van der Waals surface area contributed by atoms with Crippen molar-refractivity contribution in [2.75, 3.05) is 32.8 Å². The van der Waals surface area contributed by atoms with Crippen LogP contribution in [0.3, 0.4) is 0 Å². The summed E-state index contributed by atoms with van der Waals surface area (Å²) in [6.45, 7) is 6.03. The molecular formula is C11H24N2O3S. The van der Waals surface area contributed by atoms with Gasteiger partial charge in [0.25, 0.3) is 10.2 Å². The van der Waals surface area contributed by atoms with Gasteiger partial charge in [0, 0.05) is 32.8 Å². The van der Waals surface area contributed by atoms with Crippen LogP contribution in [0.15, 0.2) is 0 Å². The first-order valence-corrected chi connectivity index (χ1v) is 7.82. The maximum absolute atomic E-state index is 12.3. The molecule has 0 amide bonds. The highest BCUT2D eigenvalue weighted by Gasteiger charge is 2.32. The van der Waals surface area contributed by atoms with Gasteiger partial charge in [0.2, 0.25) is 0 Å². The first-order valence-electron chi connectivity index (χ1n) is 6.42. The van der Waals surface area contributed by atoms with Crippen LogP contribution in [0.4, 0.5) is 0 Å². The van der Waals surface area contributed by atoms with Gasteiger partial charge in [0.05, 0.1) is 0 Å². The lowest BCUT2D eigenvalue weighted by Gasteiger charge is -2.34. The third-order valence-electron chi connectivity index (χ3n) is 3.22. The Bertz CT molecular complexity index is 319. The molecule has 0 saturated carbocycles. The van der Waals surface area contributed by atoms with Crippen LogP contribution in [0.1, 0.15) is 33.1 Å². The Balaban J connectivity index is 2.74. The van der Waals surface area contributed by atoms with E-state index in [4.69, 9.17) is 5.11 Å². The van der Waals surface area contributed by atoms with Crippen LogP contribution in [0, 0.1) is 5.92 Å². The quantitative estimate of drug-likeness (QED) is 0.767. The second-order valence-electron chi connectivity index (χ2n) is 4.55. The summed E-state index contributed by atoms with van der Waals surface area (Å²) in [4.78, 5) is 0. The van der Waals surface area contributed by atoms with Gasteiger partial charge in [0.15, 0.2) is 0 Å². The lowest BCUT2D eigenvalue weighted by atomic mass is 10.0. The van der Waals surface area contributed by atoms with Crippen molar-refractivity contribution >= 4 is 10.2 Å². The molecule has 1 heterocycles. The van der Waals surface area contributed by atoms with Gasteiger partial charge in [-0.25, -0.2) is 0 Å². The highest BCUT2D eigenvalue weighted by molar-refractivity contribution is 7.86. The second kappa shape index (κ2) is 6.68. The molecule has 102 valence electrons. The second-order valence-corrected chi connectivity index (χ2v) is 6.48. The molecule has 1 unspecified atom stereocenters. The Morgan fingerprint density at radius 2 is 2.12 bits per heavy atom. The molecule has 1 N–H and O–H groups in total. The van der Waals surface area contributed by atoms with Crippen molar-refractivity contribution in [3.05, 3.63) is 0 Å². The molecule has 0 radical (unpaired) electrons. The molecule has 0 aromatic rings. The van der Waals surface area contributed by atoms with E-state index in [1.165, 1.54) is 8.61 Å². The van der Waals surface area contributed by atoms with E-state index in [2.05, 4.69) is 0 Å². The lowest BCUT2D eigenvalue weighted by molar-refractivity contribution is 0.161. The Hall–Kier alpha value is -0.170. The summed E-state index contributed by atoms with van der Waals surface area (Å²) in [6.07, 6.45) is 2.58. The summed E-state index contributed by atoms with van der Waals surface area (Å²) >= 11 is 0.